The molecule has 0 unspecified atom stereocenters. The molecule has 1 saturated heterocycles. The van der Waals surface area contributed by atoms with Gasteiger partial charge in [-0.1, -0.05) is 37.6 Å². The molecule has 0 radical (unpaired) electrons. The number of aryl methyl sites for hydroxylation is 1. The number of hydrogen-bond acceptors (Lipinski definition) is 8. The number of halogens is 5. The summed E-state index contributed by atoms with van der Waals surface area (Å²) in [6, 6.07) is 8.15. The summed E-state index contributed by atoms with van der Waals surface area (Å²) in [7, 11) is 0. The minimum Gasteiger partial charge on any atom is -0.475 e. The third-order valence-corrected chi connectivity index (χ3v) is 6.98. The maximum Gasteiger partial charge on any atom is 0.490 e. The third kappa shape index (κ3) is 6.59. The fraction of sp³-hybridized carbons (Fsp3) is 0.357. The molecule has 1 aliphatic rings. The molecular formula is C28H28ClF4N7O3. The van der Waals surface area contributed by atoms with Crippen LogP contribution in [0.5, 0.6) is 0 Å². The van der Waals surface area contributed by atoms with Crippen LogP contribution in [0.15, 0.2) is 41.3 Å². The number of fused-ring (bicyclic) bond motifs is 1. The van der Waals surface area contributed by atoms with Crippen molar-refractivity contribution in [3.63, 3.8) is 0 Å². The molecule has 0 aliphatic carbocycles. The number of nitrogens with one attached hydrogen (secondary N) is 1. The molecule has 1 fully saturated rings. The number of aliphatic carboxylic acids is 1. The minimum atomic E-state index is -5.08. The van der Waals surface area contributed by atoms with Crippen LogP contribution in [0.25, 0.3) is 28.1 Å². The van der Waals surface area contributed by atoms with Crippen LogP contribution in [0.4, 0.5) is 23.4 Å². The van der Waals surface area contributed by atoms with Gasteiger partial charge in [0, 0.05) is 37.4 Å². The summed E-state index contributed by atoms with van der Waals surface area (Å²) in [6.45, 7) is 10.1. The van der Waals surface area contributed by atoms with Crippen molar-refractivity contribution in [1.82, 2.24) is 29.8 Å². The highest BCUT2D eigenvalue weighted by molar-refractivity contribution is 6.32. The molecule has 0 bridgehead atoms. The van der Waals surface area contributed by atoms with Crippen LogP contribution in [0, 0.1) is 12.7 Å². The van der Waals surface area contributed by atoms with Crippen molar-refractivity contribution in [2.75, 3.05) is 24.5 Å². The molecule has 0 saturated carbocycles. The van der Waals surface area contributed by atoms with Crippen LogP contribution in [0.3, 0.4) is 0 Å². The second-order valence-corrected chi connectivity index (χ2v) is 10.5. The standard InChI is InChI=1S/C26H27ClFN7O.C2HF3O2/c1-14(2)19-22(15(3)9-10-30-19)35-25-21(24(33-26(35)36)34-12-11-29-13-16(34)4)31-23(27)20(32-25)17-7-5-6-8-18(17)28;3-2(4,5)1(6)7/h5-10,14,16,29H,11-13H2,1-4H3;(H,6,7)/t16-;/m0./s1. The van der Waals surface area contributed by atoms with Crippen molar-refractivity contribution < 1.29 is 27.5 Å². The minimum absolute atomic E-state index is 0.0287. The van der Waals surface area contributed by atoms with E-state index in [1.54, 1.807) is 24.4 Å². The number of carbonyl (C=O) groups is 1. The molecule has 4 aromatic rings. The Morgan fingerprint density at radius 3 is 2.44 bits per heavy atom. The van der Waals surface area contributed by atoms with Gasteiger partial charge in [-0.25, -0.2) is 28.5 Å². The molecular weight excluding hydrogens is 594 g/mol. The first-order chi connectivity index (χ1) is 20.2. The van der Waals surface area contributed by atoms with Crippen LogP contribution >= 0.6 is 11.6 Å². The summed E-state index contributed by atoms with van der Waals surface area (Å²) in [5.74, 6) is -2.79. The number of piperazine rings is 1. The number of nitrogens with zero attached hydrogens (tertiary/aromatic N) is 6. The average molecular weight is 622 g/mol. The molecule has 4 heterocycles. The predicted molar refractivity (Wildman–Crippen MR) is 153 cm³/mol. The molecule has 43 heavy (non-hydrogen) atoms. The fourth-order valence-corrected chi connectivity index (χ4v) is 4.89. The average Bonchev–Trinajstić information content (AvgIpc) is 2.93. The molecule has 1 aliphatic heterocycles. The van der Waals surface area contributed by atoms with Gasteiger partial charge in [0.1, 0.15) is 11.5 Å². The van der Waals surface area contributed by atoms with Crippen molar-refractivity contribution in [3.05, 3.63) is 69.2 Å². The molecule has 10 nitrogen and oxygen atoms in total. The number of aromatic nitrogens is 5. The van der Waals surface area contributed by atoms with E-state index in [0.29, 0.717) is 23.6 Å². The molecule has 2 N–H and O–H groups in total. The van der Waals surface area contributed by atoms with E-state index in [9.17, 15) is 22.4 Å². The van der Waals surface area contributed by atoms with Gasteiger partial charge in [-0.05, 0) is 43.5 Å². The molecule has 0 spiro atoms. The second kappa shape index (κ2) is 12.6. The van der Waals surface area contributed by atoms with Gasteiger partial charge in [-0.15, -0.1) is 0 Å². The lowest BCUT2D eigenvalue weighted by molar-refractivity contribution is -0.192. The summed E-state index contributed by atoms with van der Waals surface area (Å²) in [6.07, 6.45) is -3.36. The van der Waals surface area contributed by atoms with Crippen LogP contribution < -0.4 is 15.9 Å². The zero-order valence-corrected chi connectivity index (χ0v) is 24.3. The summed E-state index contributed by atoms with van der Waals surface area (Å²) < 4.78 is 48.0. The molecule has 5 rings (SSSR count). The molecule has 1 atom stereocenters. The van der Waals surface area contributed by atoms with Crippen molar-refractivity contribution >= 4 is 34.6 Å². The number of carboxylic acid groups (broad SMARTS) is 1. The van der Waals surface area contributed by atoms with E-state index in [1.165, 1.54) is 10.6 Å². The Morgan fingerprint density at radius 2 is 1.84 bits per heavy atom. The van der Waals surface area contributed by atoms with Gasteiger partial charge in [-0.3, -0.25) is 4.98 Å². The fourth-order valence-electron chi connectivity index (χ4n) is 4.66. The Kier molecular flexibility index (Phi) is 9.30. The van der Waals surface area contributed by atoms with E-state index in [0.717, 1.165) is 24.3 Å². The first-order valence-electron chi connectivity index (χ1n) is 13.2. The lowest BCUT2D eigenvalue weighted by Gasteiger charge is -2.35. The first kappa shape index (κ1) is 31.8. The van der Waals surface area contributed by atoms with Gasteiger partial charge < -0.3 is 15.3 Å². The maximum absolute atomic E-state index is 14.8. The Morgan fingerprint density at radius 1 is 1.16 bits per heavy atom. The Labute approximate surface area is 248 Å². The highest BCUT2D eigenvalue weighted by atomic mass is 35.5. The Hall–Kier alpha value is -4.17. The molecule has 15 heteroatoms. The van der Waals surface area contributed by atoms with Crippen LogP contribution in [0.1, 0.15) is 37.9 Å². The third-order valence-electron chi connectivity index (χ3n) is 6.72. The highest BCUT2D eigenvalue weighted by Gasteiger charge is 2.38. The number of pyridine rings is 1. The molecule has 3 aromatic heterocycles. The second-order valence-electron chi connectivity index (χ2n) is 10.1. The lowest BCUT2D eigenvalue weighted by atomic mass is 10.0. The summed E-state index contributed by atoms with van der Waals surface area (Å²) >= 11 is 6.61. The normalized spacial score (nSPS) is 15.4. The smallest absolute Gasteiger partial charge is 0.475 e. The van der Waals surface area contributed by atoms with Gasteiger partial charge in [0.15, 0.2) is 22.1 Å². The van der Waals surface area contributed by atoms with Gasteiger partial charge in [0.05, 0.1) is 11.4 Å². The number of benzene rings is 1. The van der Waals surface area contributed by atoms with Crippen molar-refractivity contribution in [2.45, 2.75) is 45.8 Å². The van der Waals surface area contributed by atoms with E-state index in [4.69, 9.17) is 26.5 Å². The number of hydrogen-bond donors (Lipinski definition) is 2. The molecule has 228 valence electrons. The largest absolute Gasteiger partial charge is 0.490 e. The van der Waals surface area contributed by atoms with Crippen LogP contribution in [-0.2, 0) is 4.79 Å². The van der Waals surface area contributed by atoms with Gasteiger partial charge in [0.25, 0.3) is 0 Å². The zero-order chi connectivity index (χ0) is 31.6. The van der Waals surface area contributed by atoms with Crippen molar-refractivity contribution in [2.24, 2.45) is 0 Å². The summed E-state index contributed by atoms with van der Waals surface area (Å²) in [5, 5.41) is 10.5. The van der Waals surface area contributed by atoms with Crippen LogP contribution in [-0.4, -0.2) is 67.4 Å². The highest BCUT2D eigenvalue weighted by Crippen LogP contribution is 2.33. The quantitative estimate of drug-likeness (QED) is 0.306. The van der Waals surface area contributed by atoms with E-state index >= 15 is 0 Å². The number of carboxylic acids is 1. The first-order valence-corrected chi connectivity index (χ1v) is 13.6. The number of rotatable bonds is 4. The summed E-state index contributed by atoms with van der Waals surface area (Å²) in [5.41, 5.74) is 2.68. The van der Waals surface area contributed by atoms with E-state index in [2.05, 4.69) is 27.2 Å². The molecule has 0 amide bonds. The van der Waals surface area contributed by atoms with Crippen molar-refractivity contribution in [3.8, 4) is 16.9 Å². The van der Waals surface area contributed by atoms with E-state index < -0.39 is 23.7 Å². The van der Waals surface area contributed by atoms with Gasteiger partial charge in [0.2, 0.25) is 0 Å². The monoisotopic (exact) mass is 621 g/mol. The summed E-state index contributed by atoms with van der Waals surface area (Å²) in [4.78, 5) is 43.2. The zero-order valence-electron chi connectivity index (χ0n) is 23.6. The number of alkyl halides is 3. The van der Waals surface area contributed by atoms with E-state index in [1.807, 2.05) is 31.7 Å². The van der Waals surface area contributed by atoms with Gasteiger partial charge >= 0.3 is 17.8 Å². The van der Waals surface area contributed by atoms with Crippen molar-refractivity contribution in [1.29, 1.82) is 0 Å². The Bertz CT molecular complexity index is 1730. The SMILES string of the molecule is Cc1ccnc(C(C)C)c1-n1c(=O)nc(N2CCNC[C@@H]2C)c2nc(Cl)c(-c3ccccc3F)nc21.O=C(O)C(F)(F)F. The Balaban J connectivity index is 0.000000541. The van der Waals surface area contributed by atoms with Gasteiger partial charge in [-0.2, -0.15) is 18.2 Å². The number of anilines is 1. The lowest BCUT2D eigenvalue weighted by Crippen LogP contribution is -2.51. The topological polar surface area (TPSA) is 126 Å². The molecule has 1 aromatic carbocycles. The van der Waals surface area contributed by atoms with E-state index in [-0.39, 0.29) is 34.0 Å². The maximum atomic E-state index is 14.8. The predicted octanol–water partition coefficient (Wildman–Crippen LogP) is 4.89. The van der Waals surface area contributed by atoms with Crippen LogP contribution in [0.2, 0.25) is 5.15 Å².